The first-order chi connectivity index (χ1) is 11.4. The minimum absolute atomic E-state index is 0.462. The summed E-state index contributed by atoms with van der Waals surface area (Å²) in [7, 11) is 0. The maximum Gasteiger partial charge on any atom is 0.230 e. The van der Waals surface area contributed by atoms with Crippen molar-refractivity contribution in [2.45, 2.75) is 18.8 Å². The lowest BCUT2D eigenvalue weighted by Crippen LogP contribution is -1.85. The van der Waals surface area contributed by atoms with Crippen molar-refractivity contribution in [3.63, 3.8) is 0 Å². The molecule has 1 fully saturated rings. The molecule has 0 aliphatic heterocycles. The maximum atomic E-state index is 5.35. The molecule has 4 aromatic rings. The Labute approximate surface area is 131 Å². The summed E-state index contributed by atoms with van der Waals surface area (Å²) in [5.74, 6) is 1.85. The Hall–Kier alpha value is -3.02. The summed E-state index contributed by atoms with van der Waals surface area (Å²) in [6, 6.07) is 11.8. The highest BCUT2D eigenvalue weighted by atomic mass is 16.5. The molecule has 0 saturated heterocycles. The Morgan fingerprint density at radius 3 is 2.83 bits per heavy atom. The summed E-state index contributed by atoms with van der Waals surface area (Å²) < 4.78 is 7.11. The van der Waals surface area contributed by atoms with Crippen LogP contribution >= 0.6 is 0 Å². The second-order valence-electron chi connectivity index (χ2n) is 5.76. The molecule has 1 aliphatic carbocycles. The zero-order valence-electron chi connectivity index (χ0n) is 12.3. The predicted octanol–water partition coefficient (Wildman–Crippen LogP) is 3.32. The van der Waals surface area contributed by atoms with Crippen molar-refractivity contribution in [3.05, 3.63) is 54.7 Å². The number of hydrogen-bond donors (Lipinski definition) is 0. The number of hydrogen-bond acceptors (Lipinski definition) is 5. The molecule has 6 nitrogen and oxygen atoms in total. The van der Waals surface area contributed by atoms with E-state index in [0.717, 1.165) is 41.2 Å². The molecule has 112 valence electrons. The molecule has 0 spiro atoms. The first-order valence-corrected chi connectivity index (χ1v) is 7.62. The van der Waals surface area contributed by atoms with E-state index in [1.165, 1.54) is 0 Å². The number of fused-ring (bicyclic) bond motifs is 1. The van der Waals surface area contributed by atoms with E-state index < -0.39 is 0 Å². The van der Waals surface area contributed by atoms with Crippen molar-refractivity contribution < 1.29 is 4.52 Å². The van der Waals surface area contributed by atoms with Gasteiger partial charge in [-0.05, 0) is 31.0 Å². The third-order valence-corrected chi connectivity index (χ3v) is 4.02. The van der Waals surface area contributed by atoms with Gasteiger partial charge >= 0.3 is 0 Å². The number of nitrogens with zero attached hydrogens (tertiary/aromatic N) is 5. The zero-order chi connectivity index (χ0) is 15.2. The van der Waals surface area contributed by atoms with Crippen molar-refractivity contribution in [2.24, 2.45) is 0 Å². The van der Waals surface area contributed by atoms with Crippen LogP contribution in [0.2, 0.25) is 0 Å². The van der Waals surface area contributed by atoms with Gasteiger partial charge in [0, 0.05) is 23.2 Å². The highest BCUT2D eigenvalue weighted by molar-refractivity contribution is 5.69. The van der Waals surface area contributed by atoms with Gasteiger partial charge in [-0.15, -0.1) is 0 Å². The molecule has 3 heterocycles. The molecule has 5 rings (SSSR count). The summed E-state index contributed by atoms with van der Waals surface area (Å²) in [6.07, 6.45) is 5.96. The number of aromatic nitrogens is 5. The smallest absolute Gasteiger partial charge is 0.230 e. The first-order valence-electron chi connectivity index (χ1n) is 7.62. The molecule has 23 heavy (non-hydrogen) atoms. The monoisotopic (exact) mass is 303 g/mol. The fraction of sp³-hybridized carbons (Fsp3) is 0.176. The minimum atomic E-state index is 0.462. The second kappa shape index (κ2) is 4.74. The van der Waals surface area contributed by atoms with Crippen LogP contribution in [0.25, 0.3) is 28.3 Å². The van der Waals surface area contributed by atoms with E-state index in [0.29, 0.717) is 11.7 Å². The van der Waals surface area contributed by atoms with Crippen LogP contribution in [0.1, 0.15) is 24.7 Å². The van der Waals surface area contributed by atoms with Crippen LogP contribution in [0.4, 0.5) is 0 Å². The Balaban J connectivity index is 1.55. The van der Waals surface area contributed by atoms with E-state index in [1.807, 2.05) is 42.6 Å². The molecule has 1 aromatic carbocycles. The normalized spacial score (nSPS) is 14.4. The molecular formula is C17H13N5O. The standard InChI is InChI=1S/C17H13N5O/c1-3-12(14-10-22-15(19-14)5-2-8-18-22)9-13(4-1)16-20-17(23-21-16)11-6-7-11/h1-5,8-11H,6-7H2. The molecule has 3 aromatic heterocycles. The lowest BCUT2D eigenvalue weighted by Gasteiger charge is -1.98. The topological polar surface area (TPSA) is 69.1 Å². The van der Waals surface area contributed by atoms with Gasteiger partial charge in [0.2, 0.25) is 11.7 Å². The van der Waals surface area contributed by atoms with E-state index in [9.17, 15) is 0 Å². The summed E-state index contributed by atoms with van der Waals surface area (Å²) in [6.45, 7) is 0. The van der Waals surface area contributed by atoms with Gasteiger partial charge < -0.3 is 4.52 Å². The fourth-order valence-corrected chi connectivity index (χ4v) is 2.64. The van der Waals surface area contributed by atoms with Gasteiger partial charge in [-0.25, -0.2) is 9.50 Å². The number of imidazole rings is 1. The third kappa shape index (κ3) is 2.19. The summed E-state index contributed by atoms with van der Waals surface area (Å²) in [5.41, 5.74) is 3.63. The van der Waals surface area contributed by atoms with Crippen LogP contribution in [-0.2, 0) is 0 Å². The summed E-state index contributed by atoms with van der Waals surface area (Å²) >= 11 is 0. The maximum absolute atomic E-state index is 5.35. The Bertz CT molecular complexity index is 966. The van der Waals surface area contributed by atoms with E-state index in [4.69, 9.17) is 4.52 Å². The van der Waals surface area contributed by atoms with Gasteiger partial charge in [0.25, 0.3) is 0 Å². The van der Waals surface area contributed by atoms with E-state index in [2.05, 4.69) is 20.2 Å². The Kier molecular flexibility index (Phi) is 2.58. The molecule has 0 bridgehead atoms. The largest absolute Gasteiger partial charge is 0.339 e. The molecule has 0 N–H and O–H groups in total. The van der Waals surface area contributed by atoms with Crippen LogP contribution in [0, 0.1) is 0 Å². The first kappa shape index (κ1) is 12.5. The zero-order valence-corrected chi connectivity index (χ0v) is 12.3. The van der Waals surface area contributed by atoms with Gasteiger partial charge in [-0.3, -0.25) is 0 Å². The van der Waals surface area contributed by atoms with Crippen LogP contribution in [0.3, 0.4) is 0 Å². The second-order valence-corrected chi connectivity index (χ2v) is 5.76. The molecular weight excluding hydrogens is 290 g/mol. The van der Waals surface area contributed by atoms with Crippen LogP contribution in [0.5, 0.6) is 0 Å². The van der Waals surface area contributed by atoms with Crippen LogP contribution < -0.4 is 0 Å². The molecule has 0 atom stereocenters. The highest BCUT2D eigenvalue weighted by Crippen LogP contribution is 2.39. The third-order valence-electron chi connectivity index (χ3n) is 4.02. The summed E-state index contributed by atoms with van der Waals surface area (Å²) in [5, 5.41) is 8.35. The Morgan fingerprint density at radius 1 is 1.04 bits per heavy atom. The minimum Gasteiger partial charge on any atom is -0.339 e. The van der Waals surface area contributed by atoms with Crippen molar-refractivity contribution >= 4 is 5.65 Å². The van der Waals surface area contributed by atoms with Gasteiger partial charge in [0.05, 0.1) is 11.9 Å². The van der Waals surface area contributed by atoms with Crippen molar-refractivity contribution in [3.8, 4) is 22.6 Å². The quantitative estimate of drug-likeness (QED) is 0.580. The van der Waals surface area contributed by atoms with E-state index >= 15 is 0 Å². The Morgan fingerprint density at radius 2 is 1.96 bits per heavy atom. The SMILES string of the molecule is c1cc(-c2cn3ncccc3n2)cc(-c2noc(C3CC3)n2)c1. The summed E-state index contributed by atoms with van der Waals surface area (Å²) in [4.78, 5) is 9.10. The number of rotatable bonds is 3. The van der Waals surface area contributed by atoms with E-state index in [1.54, 1.807) is 10.7 Å². The highest BCUT2D eigenvalue weighted by Gasteiger charge is 2.29. The molecule has 0 radical (unpaired) electrons. The molecule has 0 amide bonds. The molecule has 6 heteroatoms. The average molecular weight is 303 g/mol. The molecule has 1 aliphatic rings. The average Bonchev–Trinajstić information content (AvgIpc) is 3.17. The lowest BCUT2D eigenvalue weighted by molar-refractivity contribution is 0.380. The van der Waals surface area contributed by atoms with Gasteiger partial charge in [-0.1, -0.05) is 23.4 Å². The molecule has 1 saturated carbocycles. The van der Waals surface area contributed by atoms with Crippen molar-refractivity contribution in [1.29, 1.82) is 0 Å². The fourth-order valence-electron chi connectivity index (χ4n) is 2.64. The van der Waals surface area contributed by atoms with Crippen molar-refractivity contribution in [1.82, 2.24) is 24.7 Å². The van der Waals surface area contributed by atoms with Crippen LogP contribution in [-0.4, -0.2) is 24.7 Å². The van der Waals surface area contributed by atoms with Gasteiger partial charge in [-0.2, -0.15) is 10.1 Å². The number of benzene rings is 1. The van der Waals surface area contributed by atoms with Gasteiger partial charge in [0.15, 0.2) is 5.65 Å². The van der Waals surface area contributed by atoms with Gasteiger partial charge in [0.1, 0.15) is 0 Å². The van der Waals surface area contributed by atoms with Crippen molar-refractivity contribution in [2.75, 3.05) is 0 Å². The predicted molar refractivity (Wildman–Crippen MR) is 83.7 cm³/mol. The van der Waals surface area contributed by atoms with Crippen LogP contribution in [0.15, 0.2) is 53.3 Å². The molecule has 0 unspecified atom stereocenters. The van der Waals surface area contributed by atoms with E-state index in [-0.39, 0.29) is 0 Å². The lowest BCUT2D eigenvalue weighted by atomic mass is 10.1.